The predicted molar refractivity (Wildman–Crippen MR) is 66.2 cm³/mol. The summed E-state index contributed by atoms with van der Waals surface area (Å²) in [4.78, 5) is 33.4. The topological polar surface area (TPSA) is 107 Å². The molecule has 0 spiro atoms. The summed E-state index contributed by atoms with van der Waals surface area (Å²) in [7, 11) is 0. The van der Waals surface area contributed by atoms with E-state index >= 15 is 0 Å². The molecule has 19 heavy (non-hydrogen) atoms. The monoisotopic (exact) mass is 265 g/mol. The lowest BCUT2D eigenvalue weighted by atomic mass is 10.1. The number of carbonyl (C=O) groups is 1. The maximum atomic E-state index is 11.2. The number of nitrogens with zero attached hydrogens (tertiary/aromatic N) is 3. The molecule has 1 aliphatic rings. The zero-order chi connectivity index (χ0) is 14.0. The molecule has 8 heteroatoms. The largest absolute Gasteiger partial charge is 0.359 e. The summed E-state index contributed by atoms with van der Waals surface area (Å²) < 4.78 is 0. The van der Waals surface area contributed by atoms with E-state index in [0.29, 0.717) is 0 Å². The number of nitro benzene ring substituents is 2. The van der Waals surface area contributed by atoms with Crippen LogP contribution in [0.4, 0.5) is 17.1 Å². The summed E-state index contributed by atoms with van der Waals surface area (Å²) in [6, 6.07) is 3.76. The number of Topliss-reactive ketones (excluding diaryl/α,β-unsaturated/α-hetero) is 1. The maximum absolute atomic E-state index is 11.2. The van der Waals surface area contributed by atoms with Gasteiger partial charge in [0.05, 0.1) is 9.85 Å². The molecule has 0 N–H and O–H groups in total. The first-order valence-corrected chi connectivity index (χ1v) is 5.69. The summed E-state index contributed by atoms with van der Waals surface area (Å²) in [5.74, 6) is 0.0671. The Bertz CT molecular complexity index is 515. The number of hydrogen-bond acceptors (Lipinski definition) is 6. The number of anilines is 1. The number of ketones is 1. The number of carbonyl (C=O) groups excluding carboxylic acids is 1. The number of nitro groups is 2. The average molecular weight is 265 g/mol. The Hall–Kier alpha value is -2.51. The number of rotatable bonds is 3. The molecule has 0 aromatic heterocycles. The SMILES string of the molecule is O=C1CCN(c2c([N+](=O)[O-])cccc2[N+](=O)[O-])CC1. The van der Waals surface area contributed by atoms with Gasteiger partial charge in [-0.2, -0.15) is 0 Å². The second kappa shape index (κ2) is 5.01. The van der Waals surface area contributed by atoms with Crippen LogP contribution in [-0.2, 0) is 4.79 Å². The van der Waals surface area contributed by atoms with E-state index in [4.69, 9.17) is 0 Å². The van der Waals surface area contributed by atoms with Gasteiger partial charge in [0.25, 0.3) is 11.4 Å². The van der Waals surface area contributed by atoms with E-state index < -0.39 is 9.85 Å². The Morgan fingerprint density at radius 2 is 1.47 bits per heavy atom. The van der Waals surface area contributed by atoms with Crippen LogP contribution in [0.3, 0.4) is 0 Å². The third-order valence-corrected chi connectivity index (χ3v) is 3.02. The molecular weight excluding hydrogens is 254 g/mol. The first-order chi connectivity index (χ1) is 9.00. The highest BCUT2D eigenvalue weighted by Gasteiger charge is 2.31. The lowest BCUT2D eigenvalue weighted by Crippen LogP contribution is -2.34. The van der Waals surface area contributed by atoms with Gasteiger partial charge in [-0.05, 0) is 6.07 Å². The lowest BCUT2D eigenvalue weighted by molar-refractivity contribution is -0.392. The normalized spacial score (nSPS) is 15.4. The highest BCUT2D eigenvalue weighted by molar-refractivity contribution is 5.83. The Morgan fingerprint density at radius 3 is 1.89 bits per heavy atom. The molecule has 0 bridgehead atoms. The Labute approximate surface area is 107 Å². The molecule has 0 unspecified atom stereocenters. The number of hydrogen-bond donors (Lipinski definition) is 0. The van der Waals surface area contributed by atoms with Crippen molar-refractivity contribution in [2.45, 2.75) is 12.8 Å². The van der Waals surface area contributed by atoms with Crippen LogP contribution >= 0.6 is 0 Å². The molecule has 1 aromatic carbocycles. The predicted octanol–water partition coefficient (Wildman–Crippen LogP) is 1.67. The third-order valence-electron chi connectivity index (χ3n) is 3.02. The van der Waals surface area contributed by atoms with Crippen molar-refractivity contribution < 1.29 is 14.6 Å². The Balaban J connectivity index is 2.49. The Morgan fingerprint density at radius 1 is 1.00 bits per heavy atom. The van der Waals surface area contributed by atoms with Crippen molar-refractivity contribution in [1.82, 2.24) is 0 Å². The number of benzene rings is 1. The van der Waals surface area contributed by atoms with E-state index in [-0.39, 0.29) is 48.8 Å². The zero-order valence-electron chi connectivity index (χ0n) is 9.94. The molecule has 0 atom stereocenters. The lowest BCUT2D eigenvalue weighted by Gasteiger charge is -2.27. The smallest absolute Gasteiger partial charge is 0.299 e. The van der Waals surface area contributed by atoms with Crippen LogP contribution in [0.15, 0.2) is 18.2 Å². The summed E-state index contributed by atoms with van der Waals surface area (Å²) in [6.45, 7) is 0.537. The van der Waals surface area contributed by atoms with E-state index in [2.05, 4.69) is 0 Å². The summed E-state index contributed by atoms with van der Waals surface area (Å²) in [5.41, 5.74) is -0.614. The number of para-hydroxylation sites is 1. The minimum atomic E-state index is -0.640. The van der Waals surface area contributed by atoms with Crippen LogP contribution in [0.25, 0.3) is 0 Å². The van der Waals surface area contributed by atoms with E-state index in [1.165, 1.54) is 23.1 Å². The first kappa shape index (κ1) is 12.9. The fourth-order valence-electron chi connectivity index (χ4n) is 2.12. The molecule has 100 valence electrons. The van der Waals surface area contributed by atoms with E-state index in [1.54, 1.807) is 0 Å². The summed E-state index contributed by atoms with van der Waals surface area (Å²) >= 11 is 0. The molecule has 1 fully saturated rings. The van der Waals surface area contributed by atoms with Crippen molar-refractivity contribution in [3.05, 3.63) is 38.4 Å². The molecule has 1 saturated heterocycles. The average Bonchev–Trinajstić information content (AvgIpc) is 2.38. The molecule has 1 aromatic rings. The Kier molecular flexibility index (Phi) is 3.41. The van der Waals surface area contributed by atoms with E-state index in [1.807, 2.05) is 0 Å². The molecule has 0 aliphatic carbocycles. The van der Waals surface area contributed by atoms with Crippen LogP contribution in [-0.4, -0.2) is 28.7 Å². The van der Waals surface area contributed by atoms with Crippen molar-refractivity contribution in [3.8, 4) is 0 Å². The zero-order valence-corrected chi connectivity index (χ0v) is 9.94. The second-order valence-electron chi connectivity index (χ2n) is 4.18. The van der Waals surface area contributed by atoms with Crippen molar-refractivity contribution in [1.29, 1.82) is 0 Å². The molecular formula is C11H11N3O5. The van der Waals surface area contributed by atoms with Gasteiger partial charge < -0.3 is 4.90 Å². The van der Waals surface area contributed by atoms with Gasteiger partial charge >= 0.3 is 0 Å². The van der Waals surface area contributed by atoms with Gasteiger partial charge in [-0.25, -0.2) is 0 Å². The highest BCUT2D eigenvalue weighted by atomic mass is 16.6. The minimum Gasteiger partial charge on any atom is -0.359 e. The summed E-state index contributed by atoms with van der Waals surface area (Å²) in [6.07, 6.45) is 0.506. The van der Waals surface area contributed by atoms with Crippen molar-refractivity contribution in [3.63, 3.8) is 0 Å². The maximum Gasteiger partial charge on any atom is 0.299 e. The molecule has 0 radical (unpaired) electrons. The van der Waals surface area contributed by atoms with Gasteiger partial charge in [0.1, 0.15) is 5.78 Å². The minimum absolute atomic E-state index is 0.00926. The fraction of sp³-hybridized carbons (Fsp3) is 0.364. The van der Waals surface area contributed by atoms with Crippen molar-refractivity contribution >= 4 is 22.8 Å². The molecule has 0 amide bonds. The van der Waals surface area contributed by atoms with Crippen molar-refractivity contribution in [2.75, 3.05) is 18.0 Å². The number of piperidine rings is 1. The molecule has 2 rings (SSSR count). The fourth-order valence-corrected chi connectivity index (χ4v) is 2.12. The van der Waals surface area contributed by atoms with E-state index in [9.17, 15) is 25.0 Å². The van der Waals surface area contributed by atoms with Crippen molar-refractivity contribution in [2.24, 2.45) is 0 Å². The van der Waals surface area contributed by atoms with E-state index in [0.717, 1.165) is 0 Å². The van der Waals surface area contributed by atoms with Crippen LogP contribution in [0.5, 0.6) is 0 Å². The van der Waals surface area contributed by atoms with Gasteiger partial charge in [-0.15, -0.1) is 0 Å². The second-order valence-corrected chi connectivity index (χ2v) is 4.18. The van der Waals surface area contributed by atoms with Crippen LogP contribution in [0, 0.1) is 20.2 Å². The molecule has 0 saturated carbocycles. The standard InChI is InChI=1S/C11H11N3O5/c15-8-4-6-12(7-5-8)11-9(13(16)17)2-1-3-10(11)14(18)19/h1-3H,4-7H2. The molecule has 1 heterocycles. The van der Waals surface area contributed by atoms with Gasteiger partial charge in [0.15, 0.2) is 5.69 Å². The first-order valence-electron chi connectivity index (χ1n) is 5.69. The van der Waals surface area contributed by atoms with Crippen LogP contribution < -0.4 is 4.90 Å². The van der Waals surface area contributed by atoms with Crippen LogP contribution in [0.1, 0.15) is 12.8 Å². The summed E-state index contributed by atoms with van der Waals surface area (Å²) in [5, 5.41) is 22.0. The third kappa shape index (κ3) is 2.51. The molecule has 1 aliphatic heterocycles. The highest BCUT2D eigenvalue weighted by Crippen LogP contribution is 2.38. The van der Waals surface area contributed by atoms with Gasteiger partial charge in [-0.1, -0.05) is 0 Å². The van der Waals surface area contributed by atoms with Gasteiger partial charge in [0, 0.05) is 38.1 Å². The van der Waals surface area contributed by atoms with Crippen LogP contribution in [0.2, 0.25) is 0 Å². The quantitative estimate of drug-likeness (QED) is 0.607. The van der Waals surface area contributed by atoms with Gasteiger partial charge in [-0.3, -0.25) is 25.0 Å². The molecule has 8 nitrogen and oxygen atoms in total. The van der Waals surface area contributed by atoms with Gasteiger partial charge in [0.2, 0.25) is 0 Å².